The maximum Gasteiger partial charge on any atom is 0.268 e. The lowest BCUT2D eigenvalue weighted by molar-refractivity contribution is -0.132. The third-order valence-electron chi connectivity index (χ3n) is 4.32. The van der Waals surface area contributed by atoms with Crippen molar-refractivity contribution in [1.82, 2.24) is 9.78 Å². The predicted octanol–water partition coefficient (Wildman–Crippen LogP) is 1.55. The maximum atomic E-state index is 13.1. The molecule has 2 aromatic rings. The lowest BCUT2D eigenvalue weighted by atomic mass is 9.87. The molecule has 23 heavy (non-hydrogen) atoms. The van der Waals surface area contributed by atoms with Gasteiger partial charge in [0.25, 0.3) is 5.91 Å². The summed E-state index contributed by atoms with van der Waals surface area (Å²) in [6.45, 7) is 6.37. The lowest BCUT2D eigenvalue weighted by Gasteiger charge is -2.24. The zero-order valence-electron chi connectivity index (χ0n) is 13.9. The third kappa shape index (κ3) is 2.05. The van der Waals surface area contributed by atoms with Crippen LogP contribution in [0.15, 0.2) is 24.3 Å². The fraction of sp³-hybridized carbons (Fsp3) is 0.412. The number of para-hydroxylation sites is 1. The number of anilines is 2. The van der Waals surface area contributed by atoms with E-state index in [9.17, 15) is 9.90 Å². The van der Waals surface area contributed by atoms with Gasteiger partial charge in [0, 0.05) is 19.2 Å². The van der Waals surface area contributed by atoms with Gasteiger partial charge < -0.3 is 15.7 Å². The van der Waals surface area contributed by atoms with Crippen LogP contribution in [0, 0.1) is 12.8 Å². The Morgan fingerprint density at radius 3 is 2.57 bits per heavy atom. The van der Waals surface area contributed by atoms with Gasteiger partial charge >= 0.3 is 0 Å². The number of hydrogen-bond acceptors (Lipinski definition) is 4. The number of rotatable bonds is 3. The van der Waals surface area contributed by atoms with Gasteiger partial charge in [-0.05, 0) is 18.9 Å². The molecular formula is C17H22N4O2. The number of nitrogen functional groups attached to an aromatic ring is 1. The zero-order chi connectivity index (χ0) is 16.9. The summed E-state index contributed by atoms with van der Waals surface area (Å²) in [5.74, 6) is 0.219. The van der Waals surface area contributed by atoms with Crippen LogP contribution < -0.4 is 10.6 Å². The SMILES string of the molecule is Cc1nn(C)c(N)c1C1(O)C(=O)N(CC(C)C)c2ccccc21. The van der Waals surface area contributed by atoms with E-state index < -0.39 is 5.60 Å². The van der Waals surface area contributed by atoms with Crippen molar-refractivity contribution in [2.75, 3.05) is 17.2 Å². The van der Waals surface area contributed by atoms with Gasteiger partial charge in [-0.15, -0.1) is 0 Å². The highest BCUT2D eigenvalue weighted by atomic mass is 16.3. The summed E-state index contributed by atoms with van der Waals surface area (Å²) in [7, 11) is 1.70. The van der Waals surface area contributed by atoms with Crippen molar-refractivity contribution in [3.8, 4) is 0 Å². The molecule has 1 aliphatic heterocycles. The molecule has 6 heteroatoms. The molecule has 1 aliphatic rings. The minimum atomic E-state index is -1.78. The third-order valence-corrected chi connectivity index (χ3v) is 4.32. The molecule has 0 saturated carbocycles. The summed E-state index contributed by atoms with van der Waals surface area (Å²) in [5, 5.41) is 15.7. The molecule has 3 N–H and O–H groups in total. The van der Waals surface area contributed by atoms with Gasteiger partial charge in [-0.2, -0.15) is 5.10 Å². The van der Waals surface area contributed by atoms with E-state index in [1.807, 2.05) is 32.0 Å². The molecule has 1 amide bonds. The number of amides is 1. The van der Waals surface area contributed by atoms with Crippen LogP contribution in [0.3, 0.4) is 0 Å². The molecule has 0 fully saturated rings. The lowest BCUT2D eigenvalue weighted by Crippen LogP contribution is -2.43. The van der Waals surface area contributed by atoms with E-state index in [2.05, 4.69) is 5.10 Å². The zero-order valence-corrected chi connectivity index (χ0v) is 13.9. The van der Waals surface area contributed by atoms with E-state index in [0.717, 1.165) is 5.69 Å². The van der Waals surface area contributed by atoms with E-state index >= 15 is 0 Å². The average molecular weight is 314 g/mol. The standard InChI is InChI=1S/C17H22N4O2/c1-10(2)9-21-13-8-6-5-7-12(13)17(23,16(21)22)14-11(3)19-20(4)15(14)18/h5-8,10,23H,9,18H2,1-4H3. The largest absolute Gasteiger partial charge is 0.384 e. The Hall–Kier alpha value is -2.34. The molecule has 0 spiro atoms. The first-order valence-electron chi connectivity index (χ1n) is 7.71. The molecular weight excluding hydrogens is 292 g/mol. The van der Waals surface area contributed by atoms with Crippen molar-refractivity contribution < 1.29 is 9.90 Å². The molecule has 1 atom stereocenters. The van der Waals surface area contributed by atoms with Crippen molar-refractivity contribution >= 4 is 17.4 Å². The summed E-state index contributed by atoms with van der Waals surface area (Å²) in [6, 6.07) is 7.32. The number of hydrogen-bond donors (Lipinski definition) is 2. The Balaban J connectivity index is 2.25. The number of nitrogens with zero attached hydrogens (tertiary/aromatic N) is 3. The van der Waals surface area contributed by atoms with Crippen LogP contribution in [0.1, 0.15) is 30.7 Å². The Morgan fingerprint density at radius 2 is 2.00 bits per heavy atom. The summed E-state index contributed by atoms with van der Waals surface area (Å²) in [6.07, 6.45) is 0. The van der Waals surface area contributed by atoms with Crippen LogP contribution in [0.4, 0.5) is 11.5 Å². The van der Waals surface area contributed by atoms with Gasteiger partial charge in [-0.3, -0.25) is 9.48 Å². The Kier molecular flexibility index (Phi) is 3.44. The monoisotopic (exact) mass is 314 g/mol. The molecule has 2 heterocycles. The van der Waals surface area contributed by atoms with Crippen molar-refractivity contribution in [3.63, 3.8) is 0 Å². The first-order chi connectivity index (χ1) is 10.8. The van der Waals surface area contributed by atoms with Crippen molar-refractivity contribution in [2.45, 2.75) is 26.4 Å². The quantitative estimate of drug-likeness (QED) is 0.900. The van der Waals surface area contributed by atoms with Crippen molar-refractivity contribution in [3.05, 3.63) is 41.1 Å². The van der Waals surface area contributed by atoms with E-state index in [1.54, 1.807) is 24.9 Å². The molecule has 3 rings (SSSR count). The van der Waals surface area contributed by atoms with Gasteiger partial charge in [0.1, 0.15) is 5.82 Å². The molecule has 122 valence electrons. The predicted molar refractivity (Wildman–Crippen MR) is 89.0 cm³/mol. The molecule has 1 unspecified atom stereocenters. The number of aliphatic hydroxyl groups is 1. The Labute approximate surface area is 135 Å². The van der Waals surface area contributed by atoms with Gasteiger partial charge in [0.15, 0.2) is 0 Å². The van der Waals surface area contributed by atoms with Crippen LogP contribution in [0.5, 0.6) is 0 Å². The summed E-state index contributed by atoms with van der Waals surface area (Å²) in [4.78, 5) is 14.8. The number of carbonyl (C=O) groups is 1. The summed E-state index contributed by atoms with van der Waals surface area (Å²) < 4.78 is 1.49. The minimum Gasteiger partial charge on any atom is -0.384 e. The average Bonchev–Trinajstić information content (AvgIpc) is 2.86. The molecule has 0 bridgehead atoms. The first-order valence-corrected chi connectivity index (χ1v) is 7.71. The highest BCUT2D eigenvalue weighted by Crippen LogP contribution is 2.46. The van der Waals surface area contributed by atoms with E-state index in [0.29, 0.717) is 29.2 Å². The van der Waals surface area contributed by atoms with Gasteiger partial charge in [-0.1, -0.05) is 32.0 Å². The molecule has 6 nitrogen and oxygen atoms in total. The summed E-state index contributed by atoms with van der Waals surface area (Å²) >= 11 is 0. The van der Waals surface area contributed by atoms with E-state index in [-0.39, 0.29) is 11.8 Å². The number of aryl methyl sites for hydroxylation is 2. The number of benzene rings is 1. The molecule has 1 aromatic carbocycles. The van der Waals surface area contributed by atoms with E-state index in [1.165, 1.54) is 4.68 Å². The second-order valence-electron chi connectivity index (χ2n) is 6.51. The van der Waals surface area contributed by atoms with Gasteiger partial charge in [0.05, 0.1) is 16.9 Å². The van der Waals surface area contributed by atoms with Crippen LogP contribution in [-0.4, -0.2) is 27.3 Å². The molecule has 0 radical (unpaired) electrons. The maximum absolute atomic E-state index is 13.1. The van der Waals surface area contributed by atoms with Crippen LogP contribution in [0.25, 0.3) is 0 Å². The normalized spacial score (nSPS) is 20.4. The van der Waals surface area contributed by atoms with Crippen molar-refractivity contribution in [1.29, 1.82) is 0 Å². The first kappa shape index (κ1) is 15.6. The molecule has 0 saturated heterocycles. The van der Waals surface area contributed by atoms with E-state index in [4.69, 9.17) is 5.73 Å². The topological polar surface area (TPSA) is 84.4 Å². The second kappa shape index (κ2) is 5.09. The van der Waals surface area contributed by atoms with Gasteiger partial charge in [-0.25, -0.2) is 0 Å². The number of carbonyl (C=O) groups excluding carboxylic acids is 1. The number of nitrogens with two attached hydrogens (primary N) is 1. The van der Waals surface area contributed by atoms with Crippen LogP contribution in [0.2, 0.25) is 0 Å². The fourth-order valence-electron chi connectivity index (χ4n) is 3.35. The highest BCUT2D eigenvalue weighted by molar-refractivity contribution is 6.09. The number of fused-ring (bicyclic) bond motifs is 1. The van der Waals surface area contributed by atoms with Crippen molar-refractivity contribution in [2.24, 2.45) is 13.0 Å². The molecule has 0 aliphatic carbocycles. The fourth-order valence-corrected chi connectivity index (χ4v) is 3.35. The second-order valence-corrected chi connectivity index (χ2v) is 6.51. The smallest absolute Gasteiger partial charge is 0.268 e. The number of aromatic nitrogens is 2. The van der Waals surface area contributed by atoms with Crippen LogP contribution in [-0.2, 0) is 17.4 Å². The molecule has 1 aromatic heterocycles. The summed E-state index contributed by atoms with van der Waals surface area (Å²) in [5.41, 5.74) is 6.55. The highest BCUT2D eigenvalue weighted by Gasteiger charge is 2.53. The van der Waals surface area contributed by atoms with Gasteiger partial charge in [0.2, 0.25) is 5.60 Å². The Morgan fingerprint density at radius 1 is 1.35 bits per heavy atom. The van der Waals surface area contributed by atoms with Crippen LogP contribution >= 0.6 is 0 Å². The Bertz CT molecular complexity index is 781. The minimum absolute atomic E-state index is 0.279.